The topological polar surface area (TPSA) is 91.4 Å². The van der Waals surface area contributed by atoms with Crippen molar-refractivity contribution in [1.29, 1.82) is 0 Å². The van der Waals surface area contributed by atoms with Gasteiger partial charge in [-0.05, 0) is 41.8 Å². The first kappa shape index (κ1) is 21.1. The Kier molecular flexibility index (Phi) is 5.12. The second kappa shape index (κ2) is 7.52. The minimum Gasteiger partial charge on any atom is -0.334 e. The molecule has 7 nitrogen and oxygen atoms in total. The number of benzene rings is 1. The summed E-state index contributed by atoms with van der Waals surface area (Å²) in [5.41, 5.74) is -1.24. The predicted octanol–water partition coefficient (Wildman–Crippen LogP) is 3.11. The van der Waals surface area contributed by atoms with Crippen LogP contribution in [0.15, 0.2) is 36.5 Å². The van der Waals surface area contributed by atoms with Crippen LogP contribution >= 0.6 is 11.6 Å². The number of halogens is 4. The molecule has 1 aromatic heterocycles. The number of imide groups is 1. The maximum atomic E-state index is 13.1. The van der Waals surface area contributed by atoms with Crippen LogP contribution in [0.4, 0.5) is 18.0 Å². The molecule has 0 spiro atoms. The molecule has 1 saturated heterocycles. The van der Waals surface area contributed by atoms with Gasteiger partial charge in [-0.25, -0.2) is 4.79 Å². The third kappa shape index (κ3) is 3.83. The molecule has 0 bridgehead atoms. The summed E-state index contributed by atoms with van der Waals surface area (Å²) in [4.78, 5) is 42.6. The second-order valence-electron chi connectivity index (χ2n) is 7.38. The average Bonchev–Trinajstić information content (AvgIpc) is 3.25. The highest BCUT2D eigenvalue weighted by molar-refractivity contribution is 6.31. The van der Waals surface area contributed by atoms with Gasteiger partial charge in [0.15, 0.2) is 5.54 Å². The van der Waals surface area contributed by atoms with Crippen molar-refractivity contribution >= 4 is 29.4 Å². The van der Waals surface area contributed by atoms with Crippen LogP contribution in [0.25, 0.3) is 0 Å². The Bertz CT molecular complexity index is 1080. The first-order valence-corrected chi connectivity index (χ1v) is 9.69. The molecule has 1 atom stereocenters. The molecule has 1 aromatic carbocycles. The number of urea groups is 1. The zero-order chi connectivity index (χ0) is 22.4. The minimum absolute atomic E-state index is 0.00353. The SMILES string of the molecule is O=C1NC(=O)[C@](CCC(=O)N2Cc3cc(Cl)c(C(F)(F)F)cc3C2)(c2ccccn2)N1. The fourth-order valence-electron chi connectivity index (χ4n) is 3.86. The van der Waals surface area contributed by atoms with E-state index >= 15 is 0 Å². The van der Waals surface area contributed by atoms with Gasteiger partial charge in [-0.2, -0.15) is 13.2 Å². The van der Waals surface area contributed by atoms with Crippen LogP contribution in [0, 0.1) is 0 Å². The third-order valence-corrected chi connectivity index (χ3v) is 5.74. The summed E-state index contributed by atoms with van der Waals surface area (Å²) >= 11 is 5.77. The number of carbonyl (C=O) groups excluding carboxylic acids is 3. The summed E-state index contributed by atoms with van der Waals surface area (Å²) in [6.45, 7) is 0.116. The van der Waals surface area contributed by atoms with Crippen LogP contribution in [0.2, 0.25) is 5.02 Å². The highest BCUT2D eigenvalue weighted by atomic mass is 35.5. The summed E-state index contributed by atoms with van der Waals surface area (Å²) in [6, 6.07) is 6.38. The molecule has 2 aromatic rings. The number of carbonyl (C=O) groups is 3. The molecular formula is C20H16ClF3N4O3. The Hall–Kier alpha value is -3.14. The van der Waals surface area contributed by atoms with E-state index in [0.717, 1.165) is 6.07 Å². The zero-order valence-corrected chi connectivity index (χ0v) is 16.7. The van der Waals surface area contributed by atoms with E-state index in [0.29, 0.717) is 11.1 Å². The number of rotatable bonds is 4. The fourth-order valence-corrected chi connectivity index (χ4v) is 4.15. The molecule has 162 valence electrons. The summed E-state index contributed by atoms with van der Waals surface area (Å²) in [6.07, 6.45) is -3.30. The maximum Gasteiger partial charge on any atom is 0.417 e. The van der Waals surface area contributed by atoms with Crippen LogP contribution in [-0.2, 0) is 34.4 Å². The van der Waals surface area contributed by atoms with Crippen molar-refractivity contribution in [2.75, 3.05) is 0 Å². The summed E-state index contributed by atoms with van der Waals surface area (Å²) in [5.74, 6) is -0.986. The van der Waals surface area contributed by atoms with Gasteiger partial charge in [0, 0.05) is 25.7 Å². The van der Waals surface area contributed by atoms with Crippen molar-refractivity contribution in [2.45, 2.75) is 37.6 Å². The van der Waals surface area contributed by atoms with Crippen molar-refractivity contribution in [2.24, 2.45) is 0 Å². The van der Waals surface area contributed by atoms with Crippen molar-refractivity contribution in [3.63, 3.8) is 0 Å². The highest BCUT2D eigenvalue weighted by Gasteiger charge is 2.49. The van der Waals surface area contributed by atoms with Crippen molar-refractivity contribution in [3.05, 3.63) is 63.9 Å². The van der Waals surface area contributed by atoms with Gasteiger partial charge in [0.2, 0.25) is 5.91 Å². The van der Waals surface area contributed by atoms with E-state index in [1.54, 1.807) is 18.2 Å². The summed E-state index contributed by atoms with van der Waals surface area (Å²) in [5, 5.41) is 4.30. The molecule has 0 radical (unpaired) electrons. The van der Waals surface area contributed by atoms with Crippen LogP contribution in [0.1, 0.15) is 35.2 Å². The first-order chi connectivity index (χ1) is 14.6. The van der Waals surface area contributed by atoms with E-state index < -0.39 is 34.2 Å². The quantitative estimate of drug-likeness (QED) is 0.697. The smallest absolute Gasteiger partial charge is 0.334 e. The van der Waals surface area contributed by atoms with Gasteiger partial charge < -0.3 is 10.2 Å². The zero-order valence-electron chi connectivity index (χ0n) is 15.9. The summed E-state index contributed by atoms with van der Waals surface area (Å²) < 4.78 is 39.3. The van der Waals surface area contributed by atoms with E-state index in [9.17, 15) is 27.6 Å². The number of hydrogen-bond acceptors (Lipinski definition) is 4. The second-order valence-corrected chi connectivity index (χ2v) is 7.78. The van der Waals surface area contributed by atoms with Crippen LogP contribution < -0.4 is 10.6 Å². The molecule has 3 heterocycles. The number of pyridine rings is 1. The Morgan fingerprint density at radius 2 is 1.90 bits per heavy atom. The molecule has 4 rings (SSSR count). The Balaban J connectivity index is 1.51. The van der Waals surface area contributed by atoms with Gasteiger partial charge >= 0.3 is 12.2 Å². The van der Waals surface area contributed by atoms with E-state index in [1.165, 1.54) is 17.2 Å². The molecule has 31 heavy (non-hydrogen) atoms. The number of nitrogens with zero attached hydrogens (tertiary/aromatic N) is 2. The Labute approximate surface area is 179 Å². The van der Waals surface area contributed by atoms with Crippen molar-refractivity contribution in [1.82, 2.24) is 20.5 Å². The van der Waals surface area contributed by atoms with Crippen LogP contribution in [0.5, 0.6) is 0 Å². The molecule has 2 aliphatic heterocycles. The minimum atomic E-state index is -4.59. The van der Waals surface area contributed by atoms with Crippen molar-refractivity contribution in [3.8, 4) is 0 Å². The van der Waals surface area contributed by atoms with Gasteiger partial charge in [-0.15, -0.1) is 0 Å². The number of hydrogen-bond donors (Lipinski definition) is 2. The lowest BCUT2D eigenvalue weighted by Crippen LogP contribution is -2.45. The third-order valence-electron chi connectivity index (χ3n) is 5.43. The van der Waals surface area contributed by atoms with Gasteiger partial charge in [0.1, 0.15) is 0 Å². The molecule has 11 heteroatoms. The van der Waals surface area contributed by atoms with E-state index in [4.69, 9.17) is 11.6 Å². The number of nitrogens with one attached hydrogen (secondary N) is 2. The lowest BCUT2D eigenvalue weighted by atomic mass is 9.89. The molecular weight excluding hydrogens is 437 g/mol. The lowest BCUT2D eigenvalue weighted by molar-refractivity contribution is -0.137. The standard InChI is InChI=1S/C20H16ClF3N4O3/c21-14-8-12-10-28(9-11(12)7-13(14)20(22,23)24)16(29)4-5-19(15-3-1-2-6-25-15)17(30)26-18(31)27-19/h1-3,6-8H,4-5,9-10H2,(H2,26,27,30,31)/t19-/m0/s1. The van der Waals surface area contributed by atoms with E-state index in [-0.39, 0.29) is 37.5 Å². The largest absolute Gasteiger partial charge is 0.417 e. The lowest BCUT2D eigenvalue weighted by Gasteiger charge is -2.26. The van der Waals surface area contributed by atoms with E-state index in [1.807, 2.05) is 0 Å². The molecule has 0 aliphatic carbocycles. The number of alkyl halides is 3. The van der Waals surface area contributed by atoms with Crippen LogP contribution in [0.3, 0.4) is 0 Å². The molecule has 4 amide bonds. The average molecular weight is 453 g/mol. The van der Waals surface area contributed by atoms with Crippen LogP contribution in [-0.4, -0.2) is 27.7 Å². The fraction of sp³-hybridized carbons (Fsp3) is 0.300. The number of amides is 4. The molecule has 0 saturated carbocycles. The molecule has 0 unspecified atom stereocenters. The first-order valence-electron chi connectivity index (χ1n) is 9.31. The van der Waals surface area contributed by atoms with Gasteiger partial charge in [-0.3, -0.25) is 19.9 Å². The predicted molar refractivity (Wildman–Crippen MR) is 103 cm³/mol. The Morgan fingerprint density at radius 3 is 2.48 bits per heavy atom. The van der Waals surface area contributed by atoms with Gasteiger partial charge in [0.25, 0.3) is 5.91 Å². The molecule has 1 fully saturated rings. The molecule has 2 aliphatic rings. The van der Waals surface area contributed by atoms with Gasteiger partial charge in [-0.1, -0.05) is 17.7 Å². The molecule has 2 N–H and O–H groups in total. The maximum absolute atomic E-state index is 13.1. The normalized spacial score (nSPS) is 20.5. The highest BCUT2D eigenvalue weighted by Crippen LogP contribution is 2.39. The number of fused-ring (bicyclic) bond motifs is 1. The summed E-state index contributed by atoms with van der Waals surface area (Å²) in [7, 11) is 0. The van der Waals surface area contributed by atoms with Gasteiger partial charge in [0.05, 0.1) is 16.3 Å². The van der Waals surface area contributed by atoms with E-state index in [2.05, 4.69) is 15.6 Å². The van der Waals surface area contributed by atoms with Crippen molar-refractivity contribution < 1.29 is 27.6 Å². The number of aromatic nitrogens is 1. The Morgan fingerprint density at radius 1 is 1.19 bits per heavy atom. The monoisotopic (exact) mass is 452 g/mol.